The lowest BCUT2D eigenvalue weighted by Gasteiger charge is -2.14. The van der Waals surface area contributed by atoms with Gasteiger partial charge in [0.2, 0.25) is 0 Å². The van der Waals surface area contributed by atoms with Gasteiger partial charge in [-0.2, -0.15) is 0 Å². The van der Waals surface area contributed by atoms with Crippen LogP contribution in [-0.2, 0) is 16.0 Å². The number of nitrogens with two attached hydrogens (primary N) is 1. The van der Waals surface area contributed by atoms with Crippen molar-refractivity contribution in [2.24, 2.45) is 5.73 Å². The minimum Gasteiger partial charge on any atom is -0.497 e. The summed E-state index contributed by atoms with van der Waals surface area (Å²) in [5.74, 6) is 0.0938. The normalized spacial score (nSPS) is 22.7. The summed E-state index contributed by atoms with van der Waals surface area (Å²) in [4.78, 5) is 11.6. The number of esters is 1. The Balaban J connectivity index is 2.41. The van der Waals surface area contributed by atoms with Crippen LogP contribution in [-0.4, -0.2) is 26.2 Å². The predicted octanol–water partition coefficient (Wildman–Crippen LogP) is 0.835. The van der Waals surface area contributed by atoms with E-state index in [2.05, 4.69) is 0 Å². The first-order valence-corrected chi connectivity index (χ1v) is 5.17. The maximum absolute atomic E-state index is 11.6. The number of benzene rings is 1. The van der Waals surface area contributed by atoms with E-state index < -0.39 is 0 Å². The molecule has 1 aliphatic rings. The Labute approximate surface area is 94.3 Å². The molecule has 2 atom stereocenters. The monoisotopic (exact) mass is 221 g/mol. The zero-order valence-electron chi connectivity index (χ0n) is 9.40. The second kappa shape index (κ2) is 4.14. The second-order valence-corrected chi connectivity index (χ2v) is 3.93. The van der Waals surface area contributed by atoms with Gasteiger partial charge in [0.05, 0.1) is 20.1 Å². The largest absolute Gasteiger partial charge is 0.497 e. The van der Waals surface area contributed by atoms with E-state index >= 15 is 0 Å². The molecule has 86 valence electrons. The summed E-state index contributed by atoms with van der Waals surface area (Å²) in [5, 5.41) is 0. The van der Waals surface area contributed by atoms with Gasteiger partial charge < -0.3 is 15.2 Å². The molecule has 0 heterocycles. The molecule has 4 heteroatoms. The number of ether oxygens (including phenoxy) is 2. The van der Waals surface area contributed by atoms with Crippen molar-refractivity contribution < 1.29 is 14.3 Å². The molecule has 0 saturated heterocycles. The lowest BCUT2D eigenvalue weighted by Crippen LogP contribution is -2.31. The topological polar surface area (TPSA) is 61.5 Å². The van der Waals surface area contributed by atoms with Crippen molar-refractivity contribution in [3.8, 4) is 5.75 Å². The van der Waals surface area contributed by atoms with Crippen LogP contribution in [0.1, 0.15) is 17.0 Å². The van der Waals surface area contributed by atoms with Gasteiger partial charge in [-0.25, -0.2) is 0 Å². The second-order valence-electron chi connectivity index (χ2n) is 3.93. The third-order valence-electron chi connectivity index (χ3n) is 3.03. The number of carbonyl (C=O) groups is 1. The molecule has 0 bridgehead atoms. The van der Waals surface area contributed by atoms with E-state index in [0.717, 1.165) is 16.9 Å². The molecule has 1 aromatic rings. The van der Waals surface area contributed by atoms with E-state index in [1.165, 1.54) is 7.11 Å². The van der Waals surface area contributed by atoms with Gasteiger partial charge in [-0.15, -0.1) is 0 Å². The highest BCUT2D eigenvalue weighted by Crippen LogP contribution is 2.35. The third-order valence-corrected chi connectivity index (χ3v) is 3.03. The van der Waals surface area contributed by atoms with Crippen LogP contribution < -0.4 is 10.5 Å². The maximum atomic E-state index is 11.6. The van der Waals surface area contributed by atoms with Gasteiger partial charge in [-0.1, -0.05) is 6.07 Å². The number of fused-ring (bicyclic) bond motifs is 1. The summed E-state index contributed by atoms with van der Waals surface area (Å²) >= 11 is 0. The molecule has 4 nitrogen and oxygen atoms in total. The fraction of sp³-hybridized carbons (Fsp3) is 0.417. The zero-order valence-corrected chi connectivity index (χ0v) is 9.40. The minimum atomic E-state index is -0.366. The summed E-state index contributed by atoms with van der Waals surface area (Å²) in [6.45, 7) is 0. The first kappa shape index (κ1) is 11.0. The molecule has 0 spiro atoms. The van der Waals surface area contributed by atoms with Crippen LogP contribution in [0.4, 0.5) is 0 Å². The Morgan fingerprint density at radius 2 is 2.19 bits per heavy atom. The Morgan fingerprint density at radius 1 is 1.44 bits per heavy atom. The predicted molar refractivity (Wildman–Crippen MR) is 59.4 cm³/mol. The summed E-state index contributed by atoms with van der Waals surface area (Å²) in [6, 6.07) is 5.50. The Morgan fingerprint density at radius 3 is 2.81 bits per heavy atom. The molecule has 0 fully saturated rings. The van der Waals surface area contributed by atoms with Crippen LogP contribution in [0.5, 0.6) is 5.75 Å². The van der Waals surface area contributed by atoms with Crippen molar-refractivity contribution in [3.63, 3.8) is 0 Å². The molecule has 2 rings (SSSR count). The minimum absolute atomic E-state index is 0.199. The first-order chi connectivity index (χ1) is 7.67. The average Bonchev–Trinajstić information content (AvgIpc) is 2.63. The highest BCUT2D eigenvalue weighted by molar-refractivity contribution is 5.81. The van der Waals surface area contributed by atoms with Crippen LogP contribution >= 0.6 is 0 Å². The molecule has 0 radical (unpaired) electrons. The molecule has 1 aliphatic carbocycles. The maximum Gasteiger partial charge on any atom is 0.314 e. The van der Waals surface area contributed by atoms with Crippen LogP contribution in [0.2, 0.25) is 0 Å². The quantitative estimate of drug-likeness (QED) is 0.751. The van der Waals surface area contributed by atoms with Gasteiger partial charge in [0.15, 0.2) is 0 Å². The van der Waals surface area contributed by atoms with Gasteiger partial charge in [-0.3, -0.25) is 4.79 Å². The van der Waals surface area contributed by atoms with Crippen LogP contribution in [0.25, 0.3) is 0 Å². The summed E-state index contributed by atoms with van der Waals surface area (Å²) in [7, 11) is 2.98. The lowest BCUT2D eigenvalue weighted by atomic mass is 9.99. The summed E-state index contributed by atoms with van der Waals surface area (Å²) < 4.78 is 9.92. The number of hydrogen-bond acceptors (Lipinski definition) is 4. The summed E-state index contributed by atoms with van der Waals surface area (Å²) in [5.41, 5.74) is 7.99. The molecule has 2 N–H and O–H groups in total. The molecule has 0 amide bonds. The molecular weight excluding hydrogens is 206 g/mol. The Bertz CT molecular complexity index is 417. The van der Waals surface area contributed by atoms with Crippen molar-refractivity contribution in [1.82, 2.24) is 0 Å². The zero-order chi connectivity index (χ0) is 11.7. The highest BCUT2D eigenvalue weighted by Gasteiger charge is 2.36. The van der Waals surface area contributed by atoms with E-state index in [0.29, 0.717) is 6.42 Å². The van der Waals surface area contributed by atoms with Gasteiger partial charge in [-0.05, 0) is 29.7 Å². The molecule has 2 unspecified atom stereocenters. The fourth-order valence-electron chi connectivity index (χ4n) is 2.21. The van der Waals surface area contributed by atoms with Gasteiger partial charge in [0.1, 0.15) is 5.75 Å². The van der Waals surface area contributed by atoms with E-state index in [-0.39, 0.29) is 17.9 Å². The fourth-order valence-corrected chi connectivity index (χ4v) is 2.21. The van der Waals surface area contributed by atoms with Crippen molar-refractivity contribution in [1.29, 1.82) is 0 Å². The standard InChI is InChI=1S/C12H15NO3/c1-15-8-4-3-7-5-10(13)11(9(7)6-8)12(14)16-2/h3-4,6,10-11H,5,13H2,1-2H3. The van der Waals surface area contributed by atoms with Gasteiger partial charge in [0, 0.05) is 6.04 Å². The van der Waals surface area contributed by atoms with Crippen LogP contribution in [0.3, 0.4) is 0 Å². The summed E-state index contributed by atoms with van der Waals surface area (Å²) in [6.07, 6.45) is 0.707. The molecule has 0 saturated carbocycles. The average molecular weight is 221 g/mol. The van der Waals surface area contributed by atoms with E-state index in [4.69, 9.17) is 15.2 Å². The van der Waals surface area contributed by atoms with E-state index in [1.807, 2.05) is 18.2 Å². The first-order valence-electron chi connectivity index (χ1n) is 5.17. The number of rotatable bonds is 2. The molecule has 16 heavy (non-hydrogen) atoms. The van der Waals surface area contributed by atoms with E-state index in [1.54, 1.807) is 7.11 Å². The van der Waals surface area contributed by atoms with Gasteiger partial charge in [0.25, 0.3) is 0 Å². The molecule has 0 aromatic heterocycles. The number of carbonyl (C=O) groups excluding carboxylic acids is 1. The lowest BCUT2D eigenvalue weighted by molar-refractivity contribution is -0.142. The Kier molecular flexibility index (Phi) is 2.83. The molecular formula is C12H15NO3. The van der Waals surface area contributed by atoms with E-state index in [9.17, 15) is 4.79 Å². The SMILES string of the molecule is COC(=O)C1c2cc(OC)ccc2CC1N. The number of methoxy groups -OCH3 is 2. The smallest absolute Gasteiger partial charge is 0.314 e. The third kappa shape index (κ3) is 1.65. The van der Waals surface area contributed by atoms with Crippen molar-refractivity contribution in [2.45, 2.75) is 18.4 Å². The number of hydrogen-bond donors (Lipinski definition) is 1. The molecule has 1 aromatic carbocycles. The van der Waals surface area contributed by atoms with Gasteiger partial charge >= 0.3 is 5.97 Å². The van der Waals surface area contributed by atoms with Crippen molar-refractivity contribution in [2.75, 3.05) is 14.2 Å². The van der Waals surface area contributed by atoms with Crippen LogP contribution in [0, 0.1) is 0 Å². The molecule has 0 aliphatic heterocycles. The Hall–Kier alpha value is -1.55. The van der Waals surface area contributed by atoms with Crippen LogP contribution in [0.15, 0.2) is 18.2 Å². The highest BCUT2D eigenvalue weighted by atomic mass is 16.5. The van der Waals surface area contributed by atoms with Crippen molar-refractivity contribution >= 4 is 5.97 Å². The van der Waals surface area contributed by atoms with Crippen molar-refractivity contribution in [3.05, 3.63) is 29.3 Å².